The van der Waals surface area contributed by atoms with Gasteiger partial charge in [-0.15, -0.1) is 0 Å². The number of halogens is 2. The number of nitrogens with one attached hydrogen (secondary N) is 1. The molecule has 0 spiro atoms. The molecule has 3 heterocycles. The third-order valence-electron chi connectivity index (χ3n) is 7.66. The summed E-state index contributed by atoms with van der Waals surface area (Å²) >= 11 is 0. The molecule has 1 aromatic carbocycles. The first-order valence-corrected chi connectivity index (χ1v) is 13.6. The van der Waals surface area contributed by atoms with Gasteiger partial charge >= 0.3 is 0 Å². The van der Waals surface area contributed by atoms with E-state index in [2.05, 4.69) is 17.3 Å². The number of allylic oxidation sites excluding steroid dienone is 1. The van der Waals surface area contributed by atoms with Gasteiger partial charge in [0.2, 0.25) is 0 Å². The summed E-state index contributed by atoms with van der Waals surface area (Å²) in [5, 5.41) is 7.64. The maximum atomic E-state index is 14.1. The largest absolute Gasteiger partial charge is 0.401 e. The van der Waals surface area contributed by atoms with Gasteiger partial charge in [-0.2, -0.15) is 5.10 Å². The molecule has 2 fully saturated rings. The fourth-order valence-electron chi connectivity index (χ4n) is 5.53. The van der Waals surface area contributed by atoms with E-state index >= 15 is 0 Å². The van der Waals surface area contributed by atoms with Gasteiger partial charge in [-0.25, -0.2) is 8.78 Å². The third kappa shape index (κ3) is 7.29. The fraction of sp³-hybridized carbons (Fsp3) is 0.600. The molecule has 0 amide bonds. The van der Waals surface area contributed by atoms with Crippen molar-refractivity contribution >= 4 is 5.71 Å². The topological polar surface area (TPSA) is 77.5 Å². The molecule has 1 unspecified atom stereocenters. The molecule has 0 radical (unpaired) electrons. The monoisotopic (exact) mass is 529 g/mol. The van der Waals surface area contributed by atoms with Crippen LogP contribution in [-0.4, -0.2) is 47.8 Å². The van der Waals surface area contributed by atoms with Gasteiger partial charge in [0.05, 0.1) is 12.2 Å². The molecule has 1 atom stereocenters. The number of hydrogen-bond donors (Lipinski definition) is 2. The van der Waals surface area contributed by atoms with Crippen LogP contribution in [0.3, 0.4) is 0 Å². The van der Waals surface area contributed by atoms with Gasteiger partial charge in [0, 0.05) is 74.1 Å². The highest BCUT2D eigenvalue weighted by atomic mass is 19.3. The molecule has 6 nitrogen and oxygen atoms in total. The maximum absolute atomic E-state index is 14.1. The molecule has 2 aliphatic rings. The minimum absolute atomic E-state index is 0. The lowest BCUT2D eigenvalue weighted by Crippen LogP contribution is -2.35. The van der Waals surface area contributed by atoms with Crippen molar-refractivity contribution in [2.45, 2.75) is 78.7 Å². The Morgan fingerprint density at radius 1 is 1.26 bits per heavy atom. The summed E-state index contributed by atoms with van der Waals surface area (Å²) in [5.74, 6) is 0.187. The Hall–Kier alpha value is -2.58. The van der Waals surface area contributed by atoms with E-state index in [4.69, 9.17) is 15.5 Å². The second-order valence-corrected chi connectivity index (χ2v) is 10.4. The van der Waals surface area contributed by atoms with Gasteiger partial charge in [-0.05, 0) is 67.7 Å². The Morgan fingerprint density at radius 2 is 2.03 bits per heavy atom. The van der Waals surface area contributed by atoms with Crippen molar-refractivity contribution in [3.63, 3.8) is 0 Å². The van der Waals surface area contributed by atoms with Crippen LogP contribution in [0.4, 0.5) is 8.78 Å². The van der Waals surface area contributed by atoms with Gasteiger partial charge in [0.1, 0.15) is 0 Å². The molecule has 2 aliphatic heterocycles. The number of hydrogen-bond acceptors (Lipinski definition) is 5. The van der Waals surface area contributed by atoms with Gasteiger partial charge in [0.25, 0.3) is 6.43 Å². The van der Waals surface area contributed by atoms with E-state index in [0.717, 1.165) is 92.9 Å². The van der Waals surface area contributed by atoms with E-state index in [9.17, 15) is 8.78 Å². The maximum Gasteiger partial charge on any atom is 0.264 e. The molecule has 1 aromatic heterocycles. The zero-order chi connectivity index (χ0) is 26.4. The Kier molecular flexibility index (Phi) is 11.0. The standard InChI is InChI=1S/C29H41F2N5O.CH4/c1-4-5-20(28(32)26-17-33-11-8-27(26)35-23-9-12-37-13-10-23)6-7-21-15-25(29(30)31)24(14-19(21)2)22-16-34-36(3)18-22;/h14-16,18,20,23,29,33H,4-13,17,32H2,1-3H3;1H4/b28-26-,35-27?;. The van der Waals surface area contributed by atoms with Gasteiger partial charge in [-0.3, -0.25) is 9.67 Å². The van der Waals surface area contributed by atoms with Gasteiger partial charge in [-0.1, -0.05) is 26.8 Å². The molecule has 0 bridgehead atoms. The summed E-state index contributed by atoms with van der Waals surface area (Å²) in [5.41, 5.74) is 13.4. The molecule has 0 saturated carbocycles. The predicted octanol–water partition coefficient (Wildman–Crippen LogP) is 6.14. The van der Waals surface area contributed by atoms with Crippen LogP contribution in [0.1, 0.15) is 76.0 Å². The number of aliphatic imine (C=N–C) groups is 1. The van der Waals surface area contributed by atoms with E-state index in [1.165, 1.54) is 0 Å². The zero-order valence-corrected chi connectivity index (χ0v) is 22.4. The lowest BCUT2D eigenvalue weighted by atomic mass is 9.86. The second-order valence-electron chi connectivity index (χ2n) is 10.4. The summed E-state index contributed by atoms with van der Waals surface area (Å²) in [7, 11) is 1.79. The van der Waals surface area contributed by atoms with Crippen molar-refractivity contribution in [3.05, 3.63) is 52.5 Å². The van der Waals surface area contributed by atoms with Crippen LogP contribution in [0.15, 0.2) is 40.8 Å². The van der Waals surface area contributed by atoms with Crippen molar-refractivity contribution in [1.29, 1.82) is 0 Å². The van der Waals surface area contributed by atoms with E-state index in [1.807, 2.05) is 13.0 Å². The Bertz CT molecular complexity index is 1120. The number of rotatable bonds is 9. The Morgan fingerprint density at radius 3 is 2.68 bits per heavy atom. The predicted molar refractivity (Wildman–Crippen MR) is 152 cm³/mol. The molecule has 2 aromatic rings. The summed E-state index contributed by atoms with van der Waals surface area (Å²) in [4.78, 5) is 5.11. The van der Waals surface area contributed by atoms with E-state index in [0.29, 0.717) is 23.6 Å². The molecule has 2 saturated heterocycles. The van der Waals surface area contributed by atoms with Crippen molar-refractivity contribution in [2.75, 3.05) is 26.3 Å². The number of piperidine rings is 1. The van der Waals surface area contributed by atoms with Crippen molar-refractivity contribution < 1.29 is 13.5 Å². The van der Waals surface area contributed by atoms with Gasteiger partial charge < -0.3 is 15.8 Å². The van der Waals surface area contributed by atoms with E-state index < -0.39 is 6.43 Å². The minimum Gasteiger partial charge on any atom is -0.401 e. The van der Waals surface area contributed by atoms with Crippen LogP contribution in [0.25, 0.3) is 11.1 Å². The average molecular weight is 530 g/mol. The molecule has 3 N–H and O–H groups in total. The van der Waals surface area contributed by atoms with Crippen LogP contribution in [0.5, 0.6) is 0 Å². The summed E-state index contributed by atoms with van der Waals surface area (Å²) < 4.78 is 35.3. The van der Waals surface area contributed by atoms with Crippen LogP contribution in [0, 0.1) is 12.8 Å². The Balaban J connectivity index is 0.00000400. The second kappa shape index (κ2) is 14.0. The third-order valence-corrected chi connectivity index (χ3v) is 7.66. The Labute approximate surface area is 226 Å². The highest BCUT2D eigenvalue weighted by molar-refractivity contribution is 6.02. The normalized spacial score (nSPS) is 20.0. The smallest absolute Gasteiger partial charge is 0.264 e. The van der Waals surface area contributed by atoms with Crippen molar-refractivity contribution in [3.8, 4) is 11.1 Å². The van der Waals surface area contributed by atoms with Crippen LogP contribution < -0.4 is 11.1 Å². The van der Waals surface area contributed by atoms with Crippen LogP contribution in [0.2, 0.25) is 0 Å². The highest BCUT2D eigenvalue weighted by Crippen LogP contribution is 2.35. The number of aromatic nitrogens is 2. The van der Waals surface area contributed by atoms with Crippen LogP contribution in [-0.2, 0) is 18.2 Å². The van der Waals surface area contributed by atoms with E-state index in [-0.39, 0.29) is 18.9 Å². The first kappa shape index (κ1) is 30.0. The molecule has 210 valence electrons. The summed E-state index contributed by atoms with van der Waals surface area (Å²) in [6, 6.07) is 3.88. The number of nitrogens with zero attached hydrogens (tertiary/aromatic N) is 3. The lowest BCUT2D eigenvalue weighted by Gasteiger charge is -2.27. The summed E-state index contributed by atoms with van der Waals surface area (Å²) in [6.07, 6.45) is 7.19. The van der Waals surface area contributed by atoms with Crippen molar-refractivity contribution in [2.24, 2.45) is 23.7 Å². The number of nitrogens with two attached hydrogens (primary N) is 1. The number of benzene rings is 1. The molecule has 0 aliphatic carbocycles. The first-order valence-electron chi connectivity index (χ1n) is 13.6. The molecular formula is C30H45F2N5O. The molecule has 8 heteroatoms. The minimum atomic E-state index is -2.55. The quantitative estimate of drug-likeness (QED) is 0.409. The van der Waals surface area contributed by atoms with Crippen LogP contribution >= 0.6 is 0 Å². The SMILES string of the molecule is C.CCCC(CCc1cc(C(F)F)c(-c2cnn(C)c2)cc1C)/C(N)=C1\CNCCC1=NC1CCOCC1. The first-order chi connectivity index (χ1) is 17.9. The summed E-state index contributed by atoms with van der Waals surface area (Å²) in [6.45, 7) is 7.37. The molecular weight excluding hydrogens is 484 g/mol. The molecule has 4 rings (SSSR count). The van der Waals surface area contributed by atoms with Crippen molar-refractivity contribution in [1.82, 2.24) is 15.1 Å². The number of aryl methyl sites for hydroxylation is 3. The highest BCUT2D eigenvalue weighted by Gasteiger charge is 2.24. The average Bonchev–Trinajstić information content (AvgIpc) is 3.33. The van der Waals surface area contributed by atoms with Gasteiger partial charge in [0.15, 0.2) is 0 Å². The zero-order valence-electron chi connectivity index (χ0n) is 22.4. The van der Waals surface area contributed by atoms with E-state index in [1.54, 1.807) is 30.2 Å². The fourth-order valence-corrected chi connectivity index (χ4v) is 5.53. The number of ether oxygens (including phenoxy) is 1. The lowest BCUT2D eigenvalue weighted by molar-refractivity contribution is 0.0870. The molecule has 38 heavy (non-hydrogen) atoms. The number of alkyl halides is 2.